The Morgan fingerprint density at radius 1 is 1.58 bits per heavy atom. The fraction of sp³-hybridized carbons (Fsp3) is 0.200. The van der Waals surface area contributed by atoms with Crippen LogP contribution in [-0.2, 0) is 10.0 Å². The molecule has 0 radical (unpaired) electrons. The number of thiophene rings is 1. The fourth-order valence-corrected chi connectivity index (χ4v) is 2.53. The lowest BCUT2D eigenvalue weighted by molar-refractivity contribution is 0.408. The maximum atomic E-state index is 10.9. The van der Waals surface area contributed by atoms with E-state index in [2.05, 4.69) is 0 Å². The molecule has 1 rings (SSSR count). The Balaban J connectivity index is 3.36. The molecule has 0 aliphatic carbocycles. The monoisotopic (exact) mass is 208 g/mol. The molecular formula is C5H8N2O3S2. The Labute approximate surface area is 74.0 Å². The number of ether oxygens (including phenoxy) is 1. The highest BCUT2D eigenvalue weighted by atomic mass is 32.2. The van der Waals surface area contributed by atoms with E-state index < -0.39 is 10.0 Å². The average molecular weight is 208 g/mol. The van der Waals surface area contributed by atoms with Crippen LogP contribution in [0.1, 0.15) is 0 Å². The highest BCUT2D eigenvalue weighted by Crippen LogP contribution is 2.35. The summed E-state index contributed by atoms with van der Waals surface area (Å²) >= 11 is 0.945. The van der Waals surface area contributed by atoms with Crippen LogP contribution in [0.4, 0.5) is 5.69 Å². The van der Waals surface area contributed by atoms with Crippen molar-refractivity contribution in [2.45, 2.75) is 4.21 Å². The molecule has 0 saturated heterocycles. The molecule has 5 nitrogen and oxygen atoms in total. The van der Waals surface area contributed by atoms with E-state index in [-0.39, 0.29) is 15.6 Å². The molecule has 12 heavy (non-hydrogen) atoms. The van der Waals surface area contributed by atoms with Gasteiger partial charge in [0, 0.05) is 5.38 Å². The van der Waals surface area contributed by atoms with E-state index in [9.17, 15) is 8.42 Å². The largest absolute Gasteiger partial charge is 0.492 e. The lowest BCUT2D eigenvalue weighted by atomic mass is 10.5. The molecule has 0 atom stereocenters. The van der Waals surface area contributed by atoms with Crippen molar-refractivity contribution < 1.29 is 13.2 Å². The van der Waals surface area contributed by atoms with Gasteiger partial charge in [0.1, 0.15) is 0 Å². The highest BCUT2D eigenvalue weighted by Gasteiger charge is 2.19. The maximum absolute atomic E-state index is 10.9. The van der Waals surface area contributed by atoms with Gasteiger partial charge in [-0.05, 0) is 0 Å². The molecule has 0 aromatic carbocycles. The summed E-state index contributed by atoms with van der Waals surface area (Å²) in [5.74, 6) is 0.127. The predicted octanol–water partition coefficient (Wildman–Crippen LogP) is -0.0137. The molecule has 1 heterocycles. The SMILES string of the molecule is COc1c(N)csc1S(N)(=O)=O. The summed E-state index contributed by atoms with van der Waals surface area (Å²) in [5.41, 5.74) is 5.70. The van der Waals surface area contributed by atoms with Gasteiger partial charge in [0.15, 0.2) is 9.96 Å². The van der Waals surface area contributed by atoms with Crippen molar-refractivity contribution in [1.29, 1.82) is 0 Å². The van der Waals surface area contributed by atoms with Gasteiger partial charge in [-0.1, -0.05) is 0 Å². The first-order valence-electron chi connectivity index (χ1n) is 2.90. The zero-order valence-electron chi connectivity index (χ0n) is 6.27. The molecule has 68 valence electrons. The van der Waals surface area contributed by atoms with Gasteiger partial charge in [0.25, 0.3) is 10.0 Å². The Morgan fingerprint density at radius 2 is 2.17 bits per heavy atom. The minimum absolute atomic E-state index is 0.0394. The summed E-state index contributed by atoms with van der Waals surface area (Å²) in [7, 11) is -2.37. The Bertz CT molecular complexity index is 381. The number of primary sulfonamides is 1. The van der Waals surface area contributed by atoms with Gasteiger partial charge in [0.2, 0.25) is 0 Å². The third kappa shape index (κ3) is 1.52. The van der Waals surface area contributed by atoms with Crippen LogP contribution in [-0.4, -0.2) is 15.5 Å². The first-order chi connectivity index (χ1) is 5.46. The van der Waals surface area contributed by atoms with Crippen LogP contribution >= 0.6 is 11.3 Å². The summed E-state index contributed by atoms with van der Waals surface area (Å²) in [5, 5.41) is 6.36. The molecule has 0 amide bonds. The second-order valence-corrected chi connectivity index (χ2v) is 4.69. The zero-order valence-corrected chi connectivity index (χ0v) is 7.91. The molecule has 0 fully saturated rings. The van der Waals surface area contributed by atoms with Crippen LogP contribution in [0.15, 0.2) is 9.59 Å². The minimum atomic E-state index is -3.71. The van der Waals surface area contributed by atoms with Crippen molar-refractivity contribution in [3.05, 3.63) is 5.38 Å². The standard InChI is InChI=1S/C5H8N2O3S2/c1-10-4-3(6)2-11-5(4)12(7,8)9/h2H,6H2,1H3,(H2,7,8,9). The number of hydrogen-bond acceptors (Lipinski definition) is 5. The number of methoxy groups -OCH3 is 1. The molecule has 0 spiro atoms. The van der Waals surface area contributed by atoms with E-state index in [4.69, 9.17) is 15.6 Å². The van der Waals surface area contributed by atoms with Crippen molar-refractivity contribution in [2.24, 2.45) is 5.14 Å². The van der Waals surface area contributed by atoms with E-state index in [1.807, 2.05) is 0 Å². The predicted molar refractivity (Wildman–Crippen MR) is 46.7 cm³/mol. The topological polar surface area (TPSA) is 95.4 Å². The molecule has 0 unspecified atom stereocenters. The molecule has 0 aliphatic heterocycles. The fourth-order valence-electron chi connectivity index (χ4n) is 0.739. The zero-order chi connectivity index (χ0) is 9.35. The van der Waals surface area contributed by atoms with Gasteiger partial charge in [-0.2, -0.15) is 0 Å². The van der Waals surface area contributed by atoms with Gasteiger partial charge in [-0.3, -0.25) is 0 Å². The first kappa shape index (κ1) is 9.30. The van der Waals surface area contributed by atoms with Crippen molar-refractivity contribution in [1.82, 2.24) is 0 Å². The Morgan fingerprint density at radius 3 is 2.50 bits per heavy atom. The lowest BCUT2D eigenvalue weighted by Crippen LogP contribution is -2.11. The molecule has 0 aliphatic rings. The van der Waals surface area contributed by atoms with Crippen LogP contribution in [0, 0.1) is 0 Å². The normalized spacial score (nSPS) is 11.5. The summed E-state index contributed by atoms with van der Waals surface area (Å²) in [6.45, 7) is 0. The number of hydrogen-bond donors (Lipinski definition) is 2. The van der Waals surface area contributed by atoms with Crippen LogP contribution < -0.4 is 15.6 Å². The van der Waals surface area contributed by atoms with Gasteiger partial charge < -0.3 is 10.5 Å². The van der Waals surface area contributed by atoms with E-state index >= 15 is 0 Å². The van der Waals surface area contributed by atoms with Crippen molar-refractivity contribution in [2.75, 3.05) is 12.8 Å². The Hall–Kier alpha value is -0.790. The van der Waals surface area contributed by atoms with Crippen molar-refractivity contribution >= 4 is 27.0 Å². The number of sulfonamides is 1. The summed E-state index contributed by atoms with van der Waals surface area (Å²) in [6.07, 6.45) is 0. The molecule has 7 heteroatoms. The Kier molecular flexibility index (Phi) is 2.27. The minimum Gasteiger partial charge on any atom is -0.492 e. The van der Waals surface area contributed by atoms with Crippen LogP contribution in [0.3, 0.4) is 0 Å². The molecule has 0 bridgehead atoms. The maximum Gasteiger partial charge on any atom is 0.251 e. The summed E-state index contributed by atoms with van der Waals surface area (Å²) < 4.78 is 26.5. The van der Waals surface area contributed by atoms with E-state index in [1.54, 1.807) is 0 Å². The molecule has 1 aromatic heterocycles. The number of anilines is 1. The summed E-state index contributed by atoms with van der Waals surface area (Å²) in [6, 6.07) is 0. The van der Waals surface area contributed by atoms with Crippen LogP contribution in [0.5, 0.6) is 5.75 Å². The van der Waals surface area contributed by atoms with Crippen LogP contribution in [0.2, 0.25) is 0 Å². The second-order valence-electron chi connectivity index (χ2n) is 2.06. The molecular weight excluding hydrogens is 200 g/mol. The quantitative estimate of drug-likeness (QED) is 0.714. The van der Waals surface area contributed by atoms with E-state index in [1.165, 1.54) is 12.5 Å². The average Bonchev–Trinajstić information content (AvgIpc) is 2.29. The van der Waals surface area contributed by atoms with Gasteiger partial charge in [0.05, 0.1) is 12.8 Å². The lowest BCUT2D eigenvalue weighted by Gasteiger charge is -2.00. The first-order valence-corrected chi connectivity index (χ1v) is 5.33. The third-order valence-corrected chi connectivity index (χ3v) is 3.66. The second kappa shape index (κ2) is 2.92. The molecule has 0 saturated carbocycles. The van der Waals surface area contributed by atoms with Gasteiger partial charge in [-0.25, -0.2) is 13.6 Å². The summed E-state index contributed by atoms with van der Waals surface area (Å²) in [4.78, 5) is 0. The third-order valence-electron chi connectivity index (χ3n) is 1.20. The smallest absolute Gasteiger partial charge is 0.251 e. The number of rotatable bonds is 2. The van der Waals surface area contributed by atoms with Crippen LogP contribution in [0.25, 0.3) is 0 Å². The van der Waals surface area contributed by atoms with E-state index in [0.717, 1.165) is 11.3 Å². The highest BCUT2D eigenvalue weighted by molar-refractivity contribution is 7.91. The number of nitrogen functional groups attached to an aromatic ring is 1. The number of nitrogens with two attached hydrogens (primary N) is 2. The molecule has 1 aromatic rings. The van der Waals surface area contributed by atoms with Crippen molar-refractivity contribution in [3.63, 3.8) is 0 Å². The van der Waals surface area contributed by atoms with Gasteiger partial charge >= 0.3 is 0 Å². The van der Waals surface area contributed by atoms with Gasteiger partial charge in [-0.15, -0.1) is 11.3 Å². The van der Waals surface area contributed by atoms with Crippen molar-refractivity contribution in [3.8, 4) is 5.75 Å². The van der Waals surface area contributed by atoms with E-state index in [0.29, 0.717) is 0 Å². The molecule has 4 N–H and O–H groups in total.